The number of piperazine rings is 1. The van der Waals surface area contributed by atoms with E-state index in [0.717, 1.165) is 11.1 Å². The average Bonchev–Trinajstić information content (AvgIpc) is 2.73. The Morgan fingerprint density at radius 2 is 1.90 bits per heavy atom. The highest BCUT2D eigenvalue weighted by Crippen LogP contribution is 2.31. The van der Waals surface area contributed by atoms with Crippen LogP contribution in [0, 0.1) is 18.7 Å². The first-order valence-electron chi connectivity index (χ1n) is 10.2. The first kappa shape index (κ1) is 20.8. The molecule has 2 aromatic rings. The Bertz CT molecular complexity index is 1010. The molecule has 0 N–H and O–H groups in total. The van der Waals surface area contributed by atoms with Gasteiger partial charge in [0, 0.05) is 49.5 Å². The van der Waals surface area contributed by atoms with E-state index in [4.69, 9.17) is 0 Å². The van der Waals surface area contributed by atoms with E-state index in [1.165, 1.54) is 12.1 Å². The van der Waals surface area contributed by atoms with Gasteiger partial charge in [-0.25, -0.2) is 14.4 Å². The molecular weight excluding hydrogens is 403 g/mol. The van der Waals surface area contributed by atoms with Crippen molar-refractivity contribution in [2.24, 2.45) is 5.92 Å². The first-order valence-corrected chi connectivity index (χ1v) is 12.3. The third-order valence-corrected chi connectivity index (χ3v) is 7.93. The normalized spacial score (nSPS) is 27.1. The molecule has 6 nitrogen and oxygen atoms in total. The number of carbonyl (C=O) groups is 1. The molecule has 8 heteroatoms. The van der Waals surface area contributed by atoms with Gasteiger partial charge in [0.15, 0.2) is 0 Å². The molecule has 0 radical (unpaired) electrons. The number of aryl methyl sites for hydroxylation is 1. The quantitative estimate of drug-likeness (QED) is 0.700. The van der Waals surface area contributed by atoms with Crippen LogP contribution in [0.2, 0.25) is 0 Å². The van der Waals surface area contributed by atoms with Crippen molar-refractivity contribution < 1.29 is 13.4 Å². The van der Waals surface area contributed by atoms with Crippen LogP contribution in [0.25, 0.3) is 0 Å². The molecule has 1 aromatic heterocycles. The highest BCUT2D eigenvalue weighted by molar-refractivity contribution is 8.00. The van der Waals surface area contributed by atoms with Gasteiger partial charge in [0.25, 0.3) is 0 Å². The summed E-state index contributed by atoms with van der Waals surface area (Å²) in [6, 6.07) is 6.14. The number of nitrogens with zero attached hydrogens (tertiary/aromatic N) is 4. The second-order valence-corrected chi connectivity index (χ2v) is 11.0. The van der Waals surface area contributed by atoms with E-state index < -0.39 is 9.52 Å². The number of amides is 1. The summed E-state index contributed by atoms with van der Waals surface area (Å²) in [4.78, 5) is 26.1. The van der Waals surface area contributed by atoms with Gasteiger partial charge in [0.2, 0.25) is 11.9 Å². The molecule has 4 rings (SSSR count). The monoisotopic (exact) mass is 430 g/mol. The van der Waals surface area contributed by atoms with Gasteiger partial charge in [-0.05, 0) is 58.4 Å². The van der Waals surface area contributed by atoms with Crippen molar-refractivity contribution >= 4 is 27.2 Å². The second-order valence-electron chi connectivity index (χ2n) is 8.26. The zero-order valence-electron chi connectivity index (χ0n) is 17.2. The Morgan fingerprint density at radius 1 is 1.20 bits per heavy atom. The Hall–Kier alpha value is -2.48. The number of hydrogen-bond donors (Lipinski definition) is 0. The van der Waals surface area contributed by atoms with Crippen molar-refractivity contribution in [1.29, 1.82) is 0 Å². The summed E-state index contributed by atoms with van der Waals surface area (Å²) in [6.45, 7) is 3.55. The fourth-order valence-electron chi connectivity index (χ4n) is 4.22. The standard InChI is InChI=1S/C22H27FN4O2S/c1-16-13-24-22(25-14-16)26-8-9-27(20(15-26)18-4-3-5-19(23)12-18)21(28)17-6-10-30(2,29)11-7-17/h3-5,12-14,17,20H,2,6-11,15H2,1H3. The lowest BCUT2D eigenvalue weighted by Crippen LogP contribution is -2.53. The van der Waals surface area contributed by atoms with E-state index >= 15 is 0 Å². The predicted molar refractivity (Wildman–Crippen MR) is 118 cm³/mol. The largest absolute Gasteiger partial charge is 0.337 e. The van der Waals surface area contributed by atoms with Crippen LogP contribution in [0.1, 0.15) is 30.0 Å². The summed E-state index contributed by atoms with van der Waals surface area (Å²) in [7, 11) is -2.04. The second kappa shape index (κ2) is 8.34. The molecular formula is C22H27FN4O2S. The average molecular weight is 431 g/mol. The number of hydrogen-bond acceptors (Lipinski definition) is 5. The predicted octanol–water partition coefficient (Wildman–Crippen LogP) is 2.44. The minimum atomic E-state index is -2.04. The summed E-state index contributed by atoms with van der Waals surface area (Å²) < 4.78 is 26.2. The van der Waals surface area contributed by atoms with Crippen molar-refractivity contribution in [2.75, 3.05) is 36.0 Å². The topological polar surface area (TPSA) is 66.4 Å². The minimum Gasteiger partial charge on any atom is -0.337 e. The van der Waals surface area contributed by atoms with Gasteiger partial charge in [-0.2, -0.15) is 0 Å². The molecule has 2 saturated heterocycles. The van der Waals surface area contributed by atoms with Crippen LogP contribution in [0.15, 0.2) is 36.7 Å². The van der Waals surface area contributed by atoms with Crippen molar-refractivity contribution in [3.8, 4) is 0 Å². The number of anilines is 1. The summed E-state index contributed by atoms with van der Waals surface area (Å²) in [5, 5.41) is 0. The number of benzene rings is 1. The van der Waals surface area contributed by atoms with Crippen LogP contribution >= 0.6 is 0 Å². The highest BCUT2D eigenvalue weighted by Gasteiger charge is 2.37. The molecule has 0 spiro atoms. The molecule has 30 heavy (non-hydrogen) atoms. The Morgan fingerprint density at radius 3 is 2.57 bits per heavy atom. The molecule has 2 aliphatic heterocycles. The molecule has 0 saturated carbocycles. The maximum atomic E-state index is 14.0. The van der Waals surface area contributed by atoms with E-state index in [2.05, 4.69) is 15.8 Å². The molecule has 0 aliphatic carbocycles. The lowest BCUT2D eigenvalue weighted by Gasteiger charge is -2.43. The van der Waals surface area contributed by atoms with E-state index in [1.807, 2.05) is 22.8 Å². The van der Waals surface area contributed by atoms with E-state index in [0.29, 0.717) is 49.9 Å². The summed E-state index contributed by atoms with van der Waals surface area (Å²) in [5.41, 5.74) is 1.74. The molecule has 1 unspecified atom stereocenters. The number of halogens is 1. The molecule has 1 amide bonds. The molecule has 1 atom stereocenters. The van der Waals surface area contributed by atoms with Gasteiger partial charge in [-0.1, -0.05) is 12.1 Å². The highest BCUT2D eigenvalue weighted by atomic mass is 32.2. The van der Waals surface area contributed by atoms with Crippen LogP contribution in [0.4, 0.5) is 10.3 Å². The third kappa shape index (κ3) is 4.48. The molecule has 160 valence electrons. The van der Waals surface area contributed by atoms with Crippen molar-refractivity contribution in [1.82, 2.24) is 14.9 Å². The van der Waals surface area contributed by atoms with Gasteiger partial charge in [-0.15, -0.1) is 0 Å². The minimum absolute atomic E-state index is 0.0589. The molecule has 1 aromatic carbocycles. The van der Waals surface area contributed by atoms with Gasteiger partial charge < -0.3 is 9.80 Å². The number of aromatic nitrogens is 2. The van der Waals surface area contributed by atoms with Crippen LogP contribution in [0.3, 0.4) is 0 Å². The van der Waals surface area contributed by atoms with Gasteiger partial charge >= 0.3 is 0 Å². The van der Waals surface area contributed by atoms with Crippen LogP contribution < -0.4 is 4.90 Å². The fraction of sp³-hybridized carbons (Fsp3) is 0.455. The van der Waals surface area contributed by atoms with Gasteiger partial charge in [-0.3, -0.25) is 9.00 Å². The van der Waals surface area contributed by atoms with Crippen LogP contribution in [0.5, 0.6) is 0 Å². The SMILES string of the molecule is C=S1(=O)CCC(C(=O)N2CCN(c3ncc(C)cn3)CC2c2cccc(F)c2)CC1. The molecule has 3 heterocycles. The van der Waals surface area contributed by atoms with E-state index in [9.17, 15) is 13.4 Å². The number of carbonyl (C=O) groups excluding carboxylic acids is 1. The first-order chi connectivity index (χ1) is 14.3. The van der Waals surface area contributed by atoms with E-state index in [1.54, 1.807) is 18.5 Å². The maximum Gasteiger partial charge on any atom is 0.226 e. The zero-order valence-corrected chi connectivity index (χ0v) is 18.0. The number of rotatable bonds is 3. The summed E-state index contributed by atoms with van der Waals surface area (Å²) in [6.07, 6.45) is 4.74. The van der Waals surface area contributed by atoms with E-state index in [-0.39, 0.29) is 23.7 Å². The van der Waals surface area contributed by atoms with Crippen molar-refractivity contribution in [3.05, 3.63) is 53.6 Å². The molecule has 2 fully saturated rings. The fourth-order valence-corrected chi connectivity index (χ4v) is 5.85. The Labute approximate surface area is 177 Å². The van der Waals surface area contributed by atoms with Gasteiger partial charge in [0.05, 0.1) is 6.04 Å². The lowest BCUT2D eigenvalue weighted by molar-refractivity contribution is -0.138. The summed E-state index contributed by atoms with van der Waals surface area (Å²) >= 11 is 0. The maximum absolute atomic E-state index is 14.0. The third-order valence-electron chi connectivity index (χ3n) is 5.97. The Balaban J connectivity index is 1.59. The Kier molecular flexibility index (Phi) is 5.77. The van der Waals surface area contributed by atoms with Gasteiger partial charge in [0.1, 0.15) is 5.82 Å². The molecule has 2 aliphatic rings. The van der Waals surface area contributed by atoms with Crippen molar-refractivity contribution in [2.45, 2.75) is 25.8 Å². The zero-order chi connectivity index (χ0) is 21.3. The molecule has 0 bridgehead atoms. The van der Waals surface area contributed by atoms with Crippen LogP contribution in [-0.2, 0) is 14.3 Å². The smallest absolute Gasteiger partial charge is 0.226 e. The summed E-state index contributed by atoms with van der Waals surface area (Å²) in [5.74, 6) is 4.98. The lowest BCUT2D eigenvalue weighted by atomic mass is 9.96. The van der Waals surface area contributed by atoms with Crippen LogP contribution in [-0.4, -0.2) is 62.0 Å². The van der Waals surface area contributed by atoms with Crippen molar-refractivity contribution in [3.63, 3.8) is 0 Å².